The van der Waals surface area contributed by atoms with Crippen LogP contribution >= 0.6 is 0 Å². The van der Waals surface area contributed by atoms with E-state index in [1.54, 1.807) is 18.3 Å². The van der Waals surface area contributed by atoms with Crippen LogP contribution in [0.2, 0.25) is 0 Å². The highest BCUT2D eigenvalue weighted by Crippen LogP contribution is 2.37. The largest absolute Gasteiger partial charge is 0.384 e. The van der Waals surface area contributed by atoms with E-state index in [2.05, 4.69) is 51.9 Å². The number of anilines is 3. The number of nitrogens with one attached hydrogen (secondary N) is 3. The quantitative estimate of drug-likeness (QED) is 0.384. The number of carbonyl (C=O) groups excluding carboxylic acids is 1. The molecule has 1 aliphatic rings. The Morgan fingerprint density at radius 3 is 2.82 bits per heavy atom. The molecule has 6 heteroatoms. The molecule has 0 atom stereocenters. The van der Waals surface area contributed by atoms with Crippen LogP contribution in [0, 0.1) is 0 Å². The zero-order chi connectivity index (χ0) is 22.8. The van der Waals surface area contributed by atoms with Gasteiger partial charge in [-0.2, -0.15) is 0 Å². The highest BCUT2D eigenvalue weighted by atomic mass is 16.1. The number of amides is 1. The third-order valence-electron chi connectivity index (χ3n) is 6.21. The Morgan fingerprint density at radius 1 is 1.03 bits per heavy atom. The van der Waals surface area contributed by atoms with E-state index in [1.807, 2.05) is 42.6 Å². The van der Waals surface area contributed by atoms with Crippen LogP contribution in [0.4, 0.5) is 17.2 Å². The maximum Gasteiger partial charge on any atom is 0.259 e. The number of benzene rings is 2. The van der Waals surface area contributed by atoms with Crippen molar-refractivity contribution in [3.05, 3.63) is 89.7 Å². The van der Waals surface area contributed by atoms with Crippen molar-refractivity contribution in [2.24, 2.45) is 0 Å². The Hall–Kier alpha value is -3.93. The van der Waals surface area contributed by atoms with Crippen molar-refractivity contribution in [3.63, 3.8) is 0 Å². The van der Waals surface area contributed by atoms with Crippen molar-refractivity contribution in [1.29, 1.82) is 0 Å². The molecule has 0 saturated heterocycles. The van der Waals surface area contributed by atoms with Crippen LogP contribution in [-0.2, 0) is 11.8 Å². The van der Waals surface area contributed by atoms with Crippen molar-refractivity contribution in [3.8, 4) is 0 Å². The number of rotatable bonds is 6. The highest BCUT2D eigenvalue weighted by molar-refractivity contribution is 6.07. The van der Waals surface area contributed by atoms with Crippen LogP contribution in [0.15, 0.2) is 73.1 Å². The second kappa shape index (κ2) is 8.54. The van der Waals surface area contributed by atoms with E-state index in [4.69, 9.17) is 0 Å². The SMILES string of the molecule is CC1(C)CNc2cc(NC(=O)c3cccnc3NCCc3ccnc4ccccc34)ccc21. The smallest absolute Gasteiger partial charge is 0.259 e. The average Bonchev–Trinajstić information content (AvgIpc) is 3.13. The minimum Gasteiger partial charge on any atom is -0.384 e. The van der Waals surface area contributed by atoms with Crippen molar-refractivity contribution >= 4 is 34.0 Å². The second-order valence-corrected chi connectivity index (χ2v) is 9.02. The molecule has 5 rings (SSSR count). The number of aromatic nitrogens is 2. The molecule has 1 aliphatic heterocycles. The first kappa shape index (κ1) is 20.9. The standard InChI is InChI=1S/C27H27N5O/c1-27(2)17-31-24-16-19(9-10-22(24)27)32-26(33)21-7-5-13-29-25(21)30-15-12-18-11-14-28-23-8-4-3-6-20(18)23/h3-11,13-14,16,31H,12,15,17H2,1-2H3,(H,29,30)(H,32,33). The molecule has 4 aromatic rings. The average molecular weight is 438 g/mol. The monoisotopic (exact) mass is 437 g/mol. The lowest BCUT2D eigenvalue weighted by atomic mass is 9.87. The van der Waals surface area contributed by atoms with Gasteiger partial charge in [0.25, 0.3) is 5.91 Å². The maximum atomic E-state index is 13.1. The van der Waals surface area contributed by atoms with Gasteiger partial charge in [-0.25, -0.2) is 4.98 Å². The summed E-state index contributed by atoms with van der Waals surface area (Å²) in [6, 6.07) is 19.8. The molecule has 0 spiro atoms. The van der Waals surface area contributed by atoms with E-state index in [-0.39, 0.29) is 11.3 Å². The molecule has 166 valence electrons. The topological polar surface area (TPSA) is 78.9 Å². The summed E-state index contributed by atoms with van der Waals surface area (Å²) in [6.07, 6.45) is 4.33. The van der Waals surface area contributed by atoms with E-state index in [1.165, 1.54) is 11.1 Å². The van der Waals surface area contributed by atoms with Gasteiger partial charge in [0.05, 0.1) is 11.1 Å². The fourth-order valence-corrected chi connectivity index (χ4v) is 4.39. The number of fused-ring (bicyclic) bond motifs is 2. The molecular formula is C27H27N5O. The normalized spacial score (nSPS) is 13.9. The first-order valence-electron chi connectivity index (χ1n) is 11.2. The molecule has 0 unspecified atom stereocenters. The van der Waals surface area contributed by atoms with Gasteiger partial charge in [-0.3, -0.25) is 9.78 Å². The Balaban J connectivity index is 1.28. The number of nitrogens with zero attached hydrogens (tertiary/aromatic N) is 2. The summed E-state index contributed by atoms with van der Waals surface area (Å²) in [5.41, 5.74) is 5.93. The van der Waals surface area contributed by atoms with Gasteiger partial charge in [0.2, 0.25) is 0 Å². The predicted molar refractivity (Wildman–Crippen MR) is 134 cm³/mol. The fourth-order valence-electron chi connectivity index (χ4n) is 4.39. The number of pyridine rings is 2. The fraction of sp³-hybridized carbons (Fsp3) is 0.222. The maximum absolute atomic E-state index is 13.1. The molecule has 0 saturated carbocycles. The molecule has 33 heavy (non-hydrogen) atoms. The van der Waals surface area contributed by atoms with Gasteiger partial charge in [0, 0.05) is 47.7 Å². The minimum absolute atomic E-state index is 0.0957. The molecular weight excluding hydrogens is 410 g/mol. The van der Waals surface area contributed by atoms with Crippen LogP contribution in [0.25, 0.3) is 10.9 Å². The van der Waals surface area contributed by atoms with Gasteiger partial charge >= 0.3 is 0 Å². The molecule has 0 radical (unpaired) electrons. The molecule has 2 aromatic carbocycles. The molecule has 6 nitrogen and oxygen atoms in total. The number of hydrogen-bond donors (Lipinski definition) is 3. The molecule has 0 aliphatic carbocycles. The zero-order valence-electron chi connectivity index (χ0n) is 18.9. The summed E-state index contributed by atoms with van der Waals surface area (Å²) in [4.78, 5) is 21.9. The molecule has 1 amide bonds. The molecule has 3 heterocycles. The van der Waals surface area contributed by atoms with Crippen molar-refractivity contribution < 1.29 is 4.79 Å². The summed E-state index contributed by atoms with van der Waals surface area (Å²) in [7, 11) is 0. The molecule has 3 N–H and O–H groups in total. The van der Waals surface area contributed by atoms with E-state index >= 15 is 0 Å². The van der Waals surface area contributed by atoms with Crippen LogP contribution < -0.4 is 16.0 Å². The second-order valence-electron chi connectivity index (χ2n) is 9.02. The summed E-state index contributed by atoms with van der Waals surface area (Å²) in [5.74, 6) is 0.394. The summed E-state index contributed by atoms with van der Waals surface area (Å²) >= 11 is 0. The molecule has 2 aromatic heterocycles. The van der Waals surface area contributed by atoms with E-state index in [0.717, 1.165) is 35.2 Å². The minimum atomic E-state index is -0.183. The van der Waals surface area contributed by atoms with Crippen molar-refractivity contribution in [2.75, 3.05) is 29.0 Å². The summed E-state index contributed by atoms with van der Waals surface area (Å²) < 4.78 is 0. The van der Waals surface area contributed by atoms with E-state index < -0.39 is 0 Å². The van der Waals surface area contributed by atoms with E-state index in [0.29, 0.717) is 17.9 Å². The summed E-state index contributed by atoms with van der Waals surface area (Å²) in [5, 5.41) is 10.9. The first-order valence-corrected chi connectivity index (χ1v) is 11.2. The summed E-state index contributed by atoms with van der Waals surface area (Å²) in [6.45, 7) is 5.98. The Kier molecular flexibility index (Phi) is 5.42. The lowest BCUT2D eigenvalue weighted by Crippen LogP contribution is -2.19. The van der Waals surface area contributed by atoms with Gasteiger partial charge in [0.15, 0.2) is 0 Å². The van der Waals surface area contributed by atoms with Gasteiger partial charge < -0.3 is 16.0 Å². The van der Waals surface area contributed by atoms with Crippen LogP contribution in [0.3, 0.4) is 0 Å². The first-order chi connectivity index (χ1) is 16.0. The van der Waals surface area contributed by atoms with Gasteiger partial charge in [0.1, 0.15) is 5.82 Å². The molecule has 0 fully saturated rings. The lowest BCUT2D eigenvalue weighted by Gasteiger charge is -2.17. The van der Waals surface area contributed by atoms with Crippen LogP contribution in [-0.4, -0.2) is 29.0 Å². The lowest BCUT2D eigenvalue weighted by molar-refractivity contribution is 0.102. The molecule has 0 bridgehead atoms. The van der Waals surface area contributed by atoms with E-state index in [9.17, 15) is 4.79 Å². The van der Waals surface area contributed by atoms with Gasteiger partial charge in [-0.1, -0.05) is 38.1 Å². The van der Waals surface area contributed by atoms with Crippen LogP contribution in [0.5, 0.6) is 0 Å². The van der Waals surface area contributed by atoms with Crippen LogP contribution in [0.1, 0.15) is 35.3 Å². The highest BCUT2D eigenvalue weighted by Gasteiger charge is 2.29. The van der Waals surface area contributed by atoms with Crippen molar-refractivity contribution in [1.82, 2.24) is 9.97 Å². The Morgan fingerprint density at radius 2 is 1.91 bits per heavy atom. The zero-order valence-corrected chi connectivity index (χ0v) is 18.9. The third-order valence-corrected chi connectivity index (χ3v) is 6.21. The Bertz CT molecular complexity index is 1330. The third kappa shape index (κ3) is 4.24. The van der Waals surface area contributed by atoms with Gasteiger partial charge in [-0.15, -0.1) is 0 Å². The Labute approximate surface area is 193 Å². The predicted octanol–water partition coefficient (Wildman–Crippen LogP) is 5.24. The number of hydrogen-bond acceptors (Lipinski definition) is 5. The number of carbonyl (C=O) groups is 1. The number of para-hydroxylation sites is 1. The van der Waals surface area contributed by atoms with Gasteiger partial charge in [-0.05, 0) is 53.9 Å². The van der Waals surface area contributed by atoms with Crippen molar-refractivity contribution in [2.45, 2.75) is 25.7 Å².